The highest BCUT2D eigenvalue weighted by atomic mass is 19.4. The smallest absolute Gasteiger partial charge is 0.439 e. The average Bonchev–Trinajstić information content (AvgIpc) is 3.16. The Morgan fingerprint density at radius 2 is 1.56 bits per heavy atom. The molecule has 0 aliphatic rings. The number of aromatic amines is 1. The molecule has 0 saturated carbocycles. The Morgan fingerprint density at radius 1 is 0.875 bits per heavy atom. The zero-order valence-electron chi connectivity index (χ0n) is 16.1. The number of hydrogen-bond donors (Lipinski definition) is 4. The van der Waals surface area contributed by atoms with E-state index in [1.165, 1.54) is 30.3 Å². The van der Waals surface area contributed by atoms with Crippen LogP contribution in [-0.4, -0.2) is 31.5 Å². The van der Waals surface area contributed by atoms with Crippen LogP contribution in [0.3, 0.4) is 0 Å². The van der Waals surface area contributed by atoms with Gasteiger partial charge in [-0.25, -0.2) is 0 Å². The number of rotatable bonds is 6. The van der Waals surface area contributed by atoms with Gasteiger partial charge in [0.2, 0.25) is 17.8 Å². The lowest BCUT2D eigenvalue weighted by Gasteiger charge is -2.08. The van der Waals surface area contributed by atoms with Crippen molar-refractivity contribution in [3.8, 4) is 28.8 Å². The lowest BCUT2D eigenvalue weighted by atomic mass is 10.2. The van der Waals surface area contributed by atoms with Crippen LogP contribution in [0.15, 0.2) is 54.6 Å². The molecule has 0 radical (unpaired) electrons. The Hall–Kier alpha value is -4.55. The Balaban J connectivity index is 1.40. The summed E-state index contributed by atoms with van der Waals surface area (Å²) < 4.78 is 46.2. The SMILES string of the molecule is Nc1cc(Oc2ccc(Nc3n[nH]c(-c4ccc(OC(F)(F)F)cc4)n3)cc2)nc(N)n1. The second kappa shape index (κ2) is 8.29. The molecule has 2 aromatic carbocycles. The maximum Gasteiger partial charge on any atom is 0.573 e. The molecule has 32 heavy (non-hydrogen) atoms. The monoisotopic (exact) mass is 444 g/mol. The van der Waals surface area contributed by atoms with Crippen molar-refractivity contribution in [2.45, 2.75) is 6.36 Å². The molecular formula is C19H15F3N8O2. The average molecular weight is 444 g/mol. The van der Waals surface area contributed by atoms with Crippen molar-refractivity contribution in [3.63, 3.8) is 0 Å². The number of nitrogens with one attached hydrogen (secondary N) is 2. The molecule has 6 N–H and O–H groups in total. The number of nitrogen functional groups attached to an aromatic ring is 2. The minimum absolute atomic E-state index is 0.00113. The topological polar surface area (TPSA) is 150 Å². The summed E-state index contributed by atoms with van der Waals surface area (Å²) >= 11 is 0. The minimum Gasteiger partial charge on any atom is -0.439 e. The number of ether oxygens (including phenoxy) is 2. The summed E-state index contributed by atoms with van der Waals surface area (Å²) in [6.45, 7) is 0. The van der Waals surface area contributed by atoms with Gasteiger partial charge in [-0.15, -0.1) is 18.3 Å². The summed E-state index contributed by atoms with van der Waals surface area (Å²) in [6, 6.07) is 13.5. The number of anilines is 4. The number of H-pyrrole nitrogens is 1. The van der Waals surface area contributed by atoms with E-state index in [0.717, 1.165) is 0 Å². The van der Waals surface area contributed by atoms with Gasteiger partial charge in [0.15, 0.2) is 5.82 Å². The highest BCUT2D eigenvalue weighted by Gasteiger charge is 2.31. The zero-order valence-corrected chi connectivity index (χ0v) is 16.1. The largest absolute Gasteiger partial charge is 0.573 e. The molecule has 0 amide bonds. The lowest BCUT2D eigenvalue weighted by Crippen LogP contribution is -2.16. The molecule has 4 aromatic rings. The first kappa shape index (κ1) is 20.7. The summed E-state index contributed by atoms with van der Waals surface area (Å²) in [5.41, 5.74) is 12.3. The summed E-state index contributed by atoms with van der Waals surface area (Å²) in [7, 11) is 0. The van der Waals surface area contributed by atoms with Crippen LogP contribution in [0, 0.1) is 0 Å². The number of hydrogen-bond acceptors (Lipinski definition) is 9. The van der Waals surface area contributed by atoms with Gasteiger partial charge in [0.25, 0.3) is 0 Å². The molecule has 0 aliphatic heterocycles. The molecule has 0 bridgehead atoms. The van der Waals surface area contributed by atoms with Gasteiger partial charge < -0.3 is 26.3 Å². The van der Waals surface area contributed by atoms with E-state index in [-0.39, 0.29) is 29.3 Å². The van der Waals surface area contributed by atoms with Crippen LogP contribution in [0.5, 0.6) is 17.4 Å². The number of benzene rings is 2. The predicted octanol–water partition coefficient (Wildman–Crippen LogP) is 3.86. The van der Waals surface area contributed by atoms with E-state index in [0.29, 0.717) is 22.8 Å². The fraction of sp³-hybridized carbons (Fsp3) is 0.0526. The van der Waals surface area contributed by atoms with Crippen molar-refractivity contribution in [2.24, 2.45) is 0 Å². The van der Waals surface area contributed by atoms with Crippen LogP contribution in [0.4, 0.5) is 36.6 Å². The minimum atomic E-state index is -4.75. The molecule has 0 unspecified atom stereocenters. The van der Waals surface area contributed by atoms with Gasteiger partial charge in [0.1, 0.15) is 17.3 Å². The molecule has 2 heterocycles. The van der Waals surface area contributed by atoms with Gasteiger partial charge in [-0.3, -0.25) is 5.10 Å². The van der Waals surface area contributed by atoms with Crippen molar-refractivity contribution in [1.29, 1.82) is 0 Å². The van der Waals surface area contributed by atoms with Gasteiger partial charge in [0.05, 0.1) is 0 Å². The molecule has 0 fully saturated rings. The Bertz CT molecular complexity index is 1190. The van der Waals surface area contributed by atoms with E-state index < -0.39 is 6.36 Å². The second-order valence-corrected chi connectivity index (χ2v) is 6.32. The third-order valence-corrected chi connectivity index (χ3v) is 3.92. The maximum absolute atomic E-state index is 12.3. The highest BCUT2D eigenvalue weighted by Crippen LogP contribution is 2.27. The van der Waals surface area contributed by atoms with Gasteiger partial charge in [-0.2, -0.15) is 15.0 Å². The first-order valence-corrected chi connectivity index (χ1v) is 8.97. The van der Waals surface area contributed by atoms with Crippen LogP contribution in [0.25, 0.3) is 11.4 Å². The van der Waals surface area contributed by atoms with Crippen molar-refractivity contribution in [2.75, 3.05) is 16.8 Å². The first-order valence-electron chi connectivity index (χ1n) is 8.97. The van der Waals surface area contributed by atoms with Crippen LogP contribution >= 0.6 is 0 Å². The van der Waals surface area contributed by atoms with Crippen molar-refractivity contribution in [1.82, 2.24) is 25.1 Å². The number of alkyl halides is 3. The third kappa shape index (κ3) is 5.33. The van der Waals surface area contributed by atoms with Gasteiger partial charge in [-0.05, 0) is 48.5 Å². The van der Waals surface area contributed by atoms with Crippen LogP contribution < -0.4 is 26.3 Å². The third-order valence-electron chi connectivity index (χ3n) is 3.92. The maximum atomic E-state index is 12.3. The zero-order chi connectivity index (χ0) is 22.7. The molecular weight excluding hydrogens is 429 g/mol. The molecule has 0 atom stereocenters. The molecule has 10 nitrogen and oxygen atoms in total. The summed E-state index contributed by atoms with van der Waals surface area (Å²) in [5, 5.41) is 9.76. The predicted molar refractivity (Wildman–Crippen MR) is 109 cm³/mol. The van der Waals surface area contributed by atoms with Crippen LogP contribution in [-0.2, 0) is 0 Å². The van der Waals surface area contributed by atoms with E-state index in [1.54, 1.807) is 24.3 Å². The van der Waals surface area contributed by atoms with Crippen molar-refractivity contribution in [3.05, 3.63) is 54.6 Å². The molecule has 2 aromatic heterocycles. The fourth-order valence-corrected chi connectivity index (χ4v) is 2.63. The molecule has 0 aliphatic carbocycles. The van der Waals surface area contributed by atoms with Gasteiger partial charge in [0, 0.05) is 17.3 Å². The van der Waals surface area contributed by atoms with E-state index in [9.17, 15) is 13.2 Å². The molecule has 13 heteroatoms. The standard InChI is InChI=1S/C19H15F3N8O2/c20-19(21,22)32-13-5-1-10(2-6-13)16-28-18(30-29-16)25-11-3-7-12(8-4-11)31-15-9-14(23)26-17(24)27-15/h1-9H,(H4,23,24,26,27)(H2,25,28,29,30). The van der Waals surface area contributed by atoms with E-state index in [2.05, 4.69) is 35.2 Å². The summed E-state index contributed by atoms with van der Waals surface area (Å²) in [4.78, 5) is 12.0. The normalized spacial score (nSPS) is 11.2. The number of nitrogens with zero attached hydrogens (tertiary/aromatic N) is 4. The van der Waals surface area contributed by atoms with Crippen molar-refractivity contribution >= 4 is 23.4 Å². The number of nitrogens with two attached hydrogens (primary N) is 2. The fourth-order valence-electron chi connectivity index (χ4n) is 2.63. The molecule has 0 saturated heterocycles. The Kier molecular flexibility index (Phi) is 5.37. The van der Waals surface area contributed by atoms with Crippen LogP contribution in [0.2, 0.25) is 0 Å². The second-order valence-electron chi connectivity index (χ2n) is 6.32. The first-order chi connectivity index (χ1) is 15.2. The number of halogens is 3. The van der Waals surface area contributed by atoms with E-state index >= 15 is 0 Å². The van der Waals surface area contributed by atoms with E-state index in [1.807, 2.05) is 0 Å². The van der Waals surface area contributed by atoms with E-state index in [4.69, 9.17) is 16.2 Å². The van der Waals surface area contributed by atoms with Crippen LogP contribution in [0.1, 0.15) is 0 Å². The highest BCUT2D eigenvalue weighted by molar-refractivity contribution is 5.60. The summed E-state index contributed by atoms with van der Waals surface area (Å²) in [5.74, 6) is 1.19. The van der Waals surface area contributed by atoms with Gasteiger partial charge in [-0.1, -0.05) is 0 Å². The molecule has 4 rings (SSSR count). The quantitative estimate of drug-likeness (QED) is 0.348. The number of aromatic nitrogens is 5. The molecule has 0 spiro atoms. The lowest BCUT2D eigenvalue weighted by molar-refractivity contribution is -0.274. The Morgan fingerprint density at radius 3 is 2.22 bits per heavy atom. The van der Waals surface area contributed by atoms with Crippen molar-refractivity contribution < 1.29 is 22.6 Å². The van der Waals surface area contributed by atoms with Gasteiger partial charge >= 0.3 is 6.36 Å². The molecule has 164 valence electrons. The Labute approximate surface area is 178 Å². The summed E-state index contributed by atoms with van der Waals surface area (Å²) in [6.07, 6.45) is -4.75.